The summed E-state index contributed by atoms with van der Waals surface area (Å²) in [7, 11) is 0. The van der Waals surface area contributed by atoms with Gasteiger partial charge in [-0.2, -0.15) is 5.10 Å². The topological polar surface area (TPSA) is 90.8 Å². The first-order valence-corrected chi connectivity index (χ1v) is 13.1. The van der Waals surface area contributed by atoms with Crippen LogP contribution in [-0.2, 0) is 17.9 Å². The smallest absolute Gasteiger partial charge is 0.274 e. The Morgan fingerprint density at radius 2 is 1.81 bits per heavy atom. The third kappa shape index (κ3) is 6.94. The summed E-state index contributed by atoms with van der Waals surface area (Å²) in [4.78, 5) is 44.5. The number of carbonyl (C=O) groups is 3. The zero-order chi connectivity index (χ0) is 26.1. The molecule has 1 N–H and O–H groups in total. The minimum atomic E-state index is -0.257. The largest absolute Gasteiger partial charge is 0.355 e. The first-order valence-electron chi connectivity index (χ1n) is 13.1. The van der Waals surface area contributed by atoms with Gasteiger partial charge in [0.2, 0.25) is 5.91 Å². The Hall–Kier alpha value is -3.20. The van der Waals surface area contributed by atoms with E-state index in [2.05, 4.69) is 29.2 Å². The van der Waals surface area contributed by atoms with Crippen LogP contribution in [0.5, 0.6) is 0 Å². The van der Waals surface area contributed by atoms with Gasteiger partial charge < -0.3 is 20.0 Å². The molecule has 0 unspecified atom stereocenters. The molecule has 0 radical (unpaired) electrons. The molecule has 36 heavy (non-hydrogen) atoms. The monoisotopic (exact) mass is 496 g/mol. The quantitative estimate of drug-likeness (QED) is 0.488. The van der Waals surface area contributed by atoms with E-state index in [9.17, 15) is 14.4 Å². The van der Waals surface area contributed by atoms with E-state index in [0.717, 1.165) is 37.2 Å². The third-order valence-electron chi connectivity index (χ3n) is 6.85. The van der Waals surface area contributed by atoms with Crippen molar-refractivity contribution in [1.29, 1.82) is 0 Å². The second-order valence-corrected chi connectivity index (χ2v) is 9.16. The second-order valence-electron chi connectivity index (χ2n) is 9.16. The van der Waals surface area contributed by atoms with Crippen molar-refractivity contribution >= 4 is 17.7 Å². The highest BCUT2D eigenvalue weighted by Gasteiger charge is 2.28. The van der Waals surface area contributed by atoms with Crippen molar-refractivity contribution in [2.24, 2.45) is 0 Å². The highest BCUT2D eigenvalue weighted by Crippen LogP contribution is 2.19. The standard InChI is InChI=1S/C27H40N6O3/c1-5-30(6-2)18-14-28-25(34)13-17-31(7-3)26(35)23-19-24-27(36)32(15-10-16-33(24)29-23)20-22-12-9-8-11-21(22)4/h8-9,11-12,19H,5-7,10,13-18,20H2,1-4H3,(H,28,34). The van der Waals surface area contributed by atoms with Crippen molar-refractivity contribution in [1.82, 2.24) is 29.8 Å². The van der Waals surface area contributed by atoms with Crippen LogP contribution in [0.1, 0.15) is 65.7 Å². The number of nitrogens with one attached hydrogen (secondary N) is 1. The van der Waals surface area contributed by atoms with Gasteiger partial charge in [-0.05, 0) is 44.5 Å². The summed E-state index contributed by atoms with van der Waals surface area (Å²) in [5.74, 6) is -0.443. The third-order valence-corrected chi connectivity index (χ3v) is 6.85. The number of amides is 3. The highest BCUT2D eigenvalue weighted by atomic mass is 16.2. The summed E-state index contributed by atoms with van der Waals surface area (Å²) in [5.41, 5.74) is 2.95. The lowest BCUT2D eigenvalue weighted by Crippen LogP contribution is -2.38. The highest BCUT2D eigenvalue weighted by molar-refractivity contribution is 5.98. The number of rotatable bonds is 12. The van der Waals surface area contributed by atoms with E-state index in [1.54, 1.807) is 15.6 Å². The first kappa shape index (κ1) is 27.4. The predicted octanol–water partition coefficient (Wildman–Crippen LogP) is 2.55. The SMILES string of the molecule is CCN(CC)CCNC(=O)CCN(CC)C(=O)c1cc2n(n1)CCCN(Cc1ccccc1C)C2=O. The number of aromatic nitrogens is 2. The maximum Gasteiger partial charge on any atom is 0.274 e. The molecule has 0 spiro atoms. The fourth-order valence-electron chi connectivity index (χ4n) is 4.47. The van der Waals surface area contributed by atoms with Gasteiger partial charge in [0, 0.05) is 58.3 Å². The number of likely N-dealkylation sites (N-methyl/N-ethyl adjacent to an activating group) is 1. The van der Waals surface area contributed by atoms with E-state index < -0.39 is 0 Å². The molecular formula is C27H40N6O3. The number of fused-ring (bicyclic) bond motifs is 1. The summed E-state index contributed by atoms with van der Waals surface area (Å²) in [5, 5.41) is 7.41. The molecule has 0 bridgehead atoms. The average molecular weight is 497 g/mol. The normalized spacial score (nSPS) is 13.5. The van der Waals surface area contributed by atoms with Crippen LogP contribution in [0, 0.1) is 6.92 Å². The molecule has 0 fully saturated rings. The zero-order valence-corrected chi connectivity index (χ0v) is 22.1. The van der Waals surface area contributed by atoms with Crippen LogP contribution < -0.4 is 5.32 Å². The van der Waals surface area contributed by atoms with Crippen LogP contribution in [0.25, 0.3) is 0 Å². The number of hydrogen-bond acceptors (Lipinski definition) is 5. The van der Waals surface area contributed by atoms with Crippen LogP contribution in [0.3, 0.4) is 0 Å². The molecule has 1 aromatic carbocycles. The van der Waals surface area contributed by atoms with Crippen LogP contribution in [0.4, 0.5) is 0 Å². The molecule has 2 aromatic rings. The van der Waals surface area contributed by atoms with Gasteiger partial charge in [0.15, 0.2) is 5.69 Å². The molecule has 9 nitrogen and oxygen atoms in total. The molecule has 1 aliphatic heterocycles. The Labute approximate surface area is 214 Å². The van der Waals surface area contributed by atoms with Crippen molar-refractivity contribution in [3.8, 4) is 0 Å². The number of benzene rings is 1. The Bertz CT molecular complexity index is 1050. The van der Waals surface area contributed by atoms with Crippen molar-refractivity contribution in [3.63, 3.8) is 0 Å². The Kier molecular flexibility index (Phi) is 10.0. The van der Waals surface area contributed by atoms with Gasteiger partial charge in [-0.25, -0.2) is 0 Å². The molecule has 0 saturated carbocycles. The number of carbonyl (C=O) groups excluding carboxylic acids is 3. The van der Waals surface area contributed by atoms with Gasteiger partial charge >= 0.3 is 0 Å². The van der Waals surface area contributed by atoms with E-state index >= 15 is 0 Å². The van der Waals surface area contributed by atoms with Crippen molar-refractivity contribution in [3.05, 3.63) is 52.8 Å². The maximum absolute atomic E-state index is 13.3. The molecular weight excluding hydrogens is 456 g/mol. The molecule has 0 aliphatic carbocycles. The van der Waals surface area contributed by atoms with Gasteiger partial charge in [-0.3, -0.25) is 19.1 Å². The van der Waals surface area contributed by atoms with Crippen LogP contribution >= 0.6 is 0 Å². The van der Waals surface area contributed by atoms with Crippen LogP contribution in [0.15, 0.2) is 30.3 Å². The molecule has 3 amide bonds. The summed E-state index contributed by atoms with van der Waals surface area (Å²) in [6, 6.07) is 9.66. The lowest BCUT2D eigenvalue weighted by atomic mass is 10.1. The number of hydrogen-bond donors (Lipinski definition) is 1. The lowest BCUT2D eigenvalue weighted by molar-refractivity contribution is -0.121. The van der Waals surface area contributed by atoms with Gasteiger partial charge in [-0.1, -0.05) is 38.1 Å². The van der Waals surface area contributed by atoms with Gasteiger partial charge in [0.25, 0.3) is 11.8 Å². The average Bonchev–Trinajstić information content (AvgIpc) is 3.25. The van der Waals surface area contributed by atoms with Gasteiger partial charge in [-0.15, -0.1) is 0 Å². The molecule has 2 heterocycles. The Morgan fingerprint density at radius 3 is 2.50 bits per heavy atom. The molecule has 1 aromatic heterocycles. The van der Waals surface area contributed by atoms with Crippen molar-refractivity contribution in [2.45, 2.75) is 53.6 Å². The Morgan fingerprint density at radius 1 is 1.06 bits per heavy atom. The fourth-order valence-corrected chi connectivity index (χ4v) is 4.47. The Balaban J connectivity index is 1.61. The number of aryl methyl sites for hydroxylation is 2. The summed E-state index contributed by atoms with van der Waals surface area (Å²) >= 11 is 0. The fraction of sp³-hybridized carbons (Fsp3) is 0.556. The summed E-state index contributed by atoms with van der Waals surface area (Å²) < 4.78 is 1.65. The van der Waals surface area contributed by atoms with E-state index in [4.69, 9.17) is 0 Å². The van der Waals surface area contributed by atoms with Gasteiger partial charge in [0.1, 0.15) is 5.69 Å². The summed E-state index contributed by atoms with van der Waals surface area (Å²) in [6.45, 7) is 13.9. The van der Waals surface area contributed by atoms with E-state index in [1.807, 2.05) is 43.0 Å². The maximum atomic E-state index is 13.3. The minimum Gasteiger partial charge on any atom is -0.355 e. The second kappa shape index (κ2) is 13.2. The predicted molar refractivity (Wildman–Crippen MR) is 140 cm³/mol. The molecule has 1 aliphatic rings. The van der Waals surface area contributed by atoms with Crippen LogP contribution in [-0.4, -0.2) is 88.0 Å². The van der Waals surface area contributed by atoms with Crippen molar-refractivity contribution < 1.29 is 14.4 Å². The zero-order valence-electron chi connectivity index (χ0n) is 22.1. The molecule has 3 rings (SSSR count). The number of nitrogens with zero attached hydrogens (tertiary/aromatic N) is 5. The molecule has 9 heteroatoms. The van der Waals surface area contributed by atoms with E-state index in [-0.39, 0.29) is 29.8 Å². The van der Waals surface area contributed by atoms with E-state index in [0.29, 0.717) is 45.0 Å². The molecule has 0 atom stereocenters. The van der Waals surface area contributed by atoms with Gasteiger partial charge in [0.05, 0.1) is 0 Å². The minimum absolute atomic E-state index is 0.0731. The molecule has 0 saturated heterocycles. The lowest BCUT2D eigenvalue weighted by Gasteiger charge is -2.21. The van der Waals surface area contributed by atoms with E-state index in [1.165, 1.54) is 0 Å². The summed E-state index contributed by atoms with van der Waals surface area (Å²) in [6.07, 6.45) is 1.000. The van der Waals surface area contributed by atoms with Crippen LogP contribution in [0.2, 0.25) is 0 Å². The molecule has 196 valence electrons. The van der Waals surface area contributed by atoms with Crippen molar-refractivity contribution in [2.75, 3.05) is 45.8 Å². The first-order chi connectivity index (χ1) is 17.4.